The number of carbonyl (C=O) groups is 3. The highest BCUT2D eigenvalue weighted by molar-refractivity contribution is 6.32. The number of rotatable bonds is 2. The second kappa shape index (κ2) is 6.57. The zero-order valence-corrected chi connectivity index (χ0v) is 17.7. The van der Waals surface area contributed by atoms with E-state index in [1.165, 1.54) is 0 Å². The lowest BCUT2D eigenvalue weighted by molar-refractivity contribution is -0.157. The van der Waals surface area contributed by atoms with E-state index in [1.54, 1.807) is 33.8 Å². The zero-order chi connectivity index (χ0) is 21.0. The predicted molar refractivity (Wildman–Crippen MR) is 110 cm³/mol. The average Bonchev–Trinajstić information content (AvgIpc) is 2.64. The van der Waals surface area contributed by atoms with Crippen molar-refractivity contribution in [3.63, 3.8) is 0 Å². The Balaban J connectivity index is 2.21. The molecule has 0 N–H and O–H groups in total. The van der Waals surface area contributed by atoms with Crippen LogP contribution in [0.3, 0.4) is 0 Å². The van der Waals surface area contributed by atoms with Crippen LogP contribution in [0.5, 0.6) is 0 Å². The van der Waals surface area contributed by atoms with Gasteiger partial charge >= 0.3 is 0 Å². The molecule has 1 aromatic rings. The molecule has 3 rings (SSSR count). The molecule has 1 aromatic carbocycles. The van der Waals surface area contributed by atoms with Crippen LogP contribution in [0.1, 0.15) is 57.2 Å². The molecule has 0 atom stereocenters. The molecular weight excluding hydrogens is 372 g/mol. The van der Waals surface area contributed by atoms with E-state index in [9.17, 15) is 14.4 Å². The van der Waals surface area contributed by atoms with Gasteiger partial charge in [-0.3, -0.25) is 14.4 Å². The first-order chi connectivity index (χ1) is 12.9. The van der Waals surface area contributed by atoms with E-state index >= 15 is 0 Å². The van der Waals surface area contributed by atoms with Gasteiger partial charge < -0.3 is 0 Å². The molecule has 2 aliphatic carbocycles. The highest BCUT2D eigenvalue weighted by atomic mass is 35.5. The van der Waals surface area contributed by atoms with E-state index in [4.69, 9.17) is 11.6 Å². The standard InChI is InChI=1S/C24H23ClO3/c1-13-10-11-15(16-8-7-9-18(25)14(16)2)12-17(13)19-20(26)23(3,4)22(28)24(5,6)21(19)27/h9-12,19H,1-6H3. The molecule has 2 aliphatic rings. The molecule has 1 saturated carbocycles. The minimum absolute atomic E-state index is 0.325. The fourth-order valence-corrected chi connectivity index (χ4v) is 4.17. The van der Waals surface area contributed by atoms with Crippen LogP contribution < -0.4 is 0 Å². The van der Waals surface area contributed by atoms with Crippen LogP contribution in [-0.4, -0.2) is 17.3 Å². The first kappa shape index (κ1) is 20.3. The van der Waals surface area contributed by atoms with Crippen molar-refractivity contribution >= 4 is 34.5 Å². The van der Waals surface area contributed by atoms with Gasteiger partial charge in [0, 0.05) is 11.6 Å². The van der Waals surface area contributed by atoms with Crippen molar-refractivity contribution in [2.75, 3.05) is 0 Å². The third-order valence-corrected chi connectivity index (χ3v) is 6.29. The first-order valence-corrected chi connectivity index (χ1v) is 9.61. The molecule has 4 heteroatoms. The molecule has 0 spiro atoms. The fraction of sp³-hybridized carbons (Fsp3) is 0.375. The molecule has 144 valence electrons. The van der Waals surface area contributed by atoms with Gasteiger partial charge in [-0.2, -0.15) is 0 Å². The van der Waals surface area contributed by atoms with Crippen LogP contribution in [0.15, 0.2) is 46.3 Å². The molecule has 0 unspecified atom stereocenters. The van der Waals surface area contributed by atoms with Crippen molar-refractivity contribution in [2.45, 2.75) is 47.5 Å². The summed E-state index contributed by atoms with van der Waals surface area (Å²) in [5, 5.41) is 0.577. The first-order valence-electron chi connectivity index (χ1n) is 9.23. The van der Waals surface area contributed by atoms with E-state index in [2.05, 4.69) is 11.5 Å². The van der Waals surface area contributed by atoms with Crippen molar-refractivity contribution in [3.05, 3.63) is 63.0 Å². The summed E-state index contributed by atoms with van der Waals surface area (Å²) in [6.07, 6.45) is 1.65. The number of benzene rings is 1. The Morgan fingerprint density at radius 3 is 2.11 bits per heavy atom. The number of ketones is 3. The predicted octanol–water partition coefficient (Wildman–Crippen LogP) is 5.07. The largest absolute Gasteiger partial charge is 0.298 e. The van der Waals surface area contributed by atoms with Gasteiger partial charge in [0.05, 0.1) is 15.9 Å². The molecule has 0 amide bonds. The van der Waals surface area contributed by atoms with Crippen molar-refractivity contribution in [1.82, 2.24) is 0 Å². The molecule has 0 saturated heterocycles. The maximum absolute atomic E-state index is 13.2. The number of hydrogen-bond donors (Lipinski definition) is 0. The number of Topliss-reactive ketones (excluding diaryl/α,β-unsaturated/α-hetero) is 3. The molecule has 0 heterocycles. The van der Waals surface area contributed by atoms with Gasteiger partial charge in [-0.15, -0.1) is 0 Å². The van der Waals surface area contributed by atoms with Crippen molar-refractivity contribution in [2.24, 2.45) is 10.8 Å². The van der Waals surface area contributed by atoms with Crippen LogP contribution in [0.2, 0.25) is 0 Å². The molecular formula is C24H23ClO3. The minimum atomic E-state index is -1.21. The summed E-state index contributed by atoms with van der Waals surface area (Å²) in [5.41, 5.74) is 7.45. The Labute approximate surface area is 170 Å². The monoisotopic (exact) mass is 394 g/mol. The van der Waals surface area contributed by atoms with Gasteiger partial charge in [-0.25, -0.2) is 0 Å². The Kier molecular flexibility index (Phi) is 4.76. The Hall–Kier alpha value is -2.44. The van der Waals surface area contributed by atoms with Crippen LogP contribution in [0, 0.1) is 17.8 Å². The quantitative estimate of drug-likeness (QED) is 0.519. The number of hydrogen-bond acceptors (Lipinski definition) is 3. The second-order valence-corrected chi connectivity index (χ2v) is 8.98. The van der Waals surface area contributed by atoms with Gasteiger partial charge in [0.15, 0.2) is 17.3 Å². The van der Waals surface area contributed by atoms with Crippen LogP contribution in [0.25, 0.3) is 5.57 Å². The molecule has 0 aliphatic heterocycles. The third-order valence-electron chi connectivity index (χ3n) is 5.90. The summed E-state index contributed by atoms with van der Waals surface area (Å²) in [4.78, 5) is 39.2. The topological polar surface area (TPSA) is 51.2 Å². The number of carbonyl (C=O) groups excluding carboxylic acids is 3. The highest BCUT2D eigenvalue weighted by Gasteiger charge is 2.58. The fourth-order valence-electron chi connectivity index (χ4n) is 4.02. The number of allylic oxidation sites excluding steroid dienone is 4. The normalized spacial score (nSPS) is 21.4. The summed E-state index contributed by atoms with van der Waals surface area (Å²) in [7, 11) is 0. The van der Waals surface area contributed by atoms with E-state index in [0.717, 1.165) is 22.3 Å². The molecule has 0 aromatic heterocycles. The molecule has 0 bridgehead atoms. The zero-order valence-electron chi connectivity index (χ0n) is 17.0. The number of aryl methyl sites for hydroxylation is 1. The highest BCUT2D eigenvalue weighted by Crippen LogP contribution is 2.45. The van der Waals surface area contributed by atoms with E-state index < -0.39 is 16.7 Å². The molecule has 3 nitrogen and oxygen atoms in total. The Morgan fingerprint density at radius 2 is 1.54 bits per heavy atom. The SMILES string of the molecule is CC1=C(Cl)C=C=C=C1c1ccc(C)c(C2C(=O)C(C)(C)C(=O)C(C)(C)C2=O)c1. The molecule has 0 radical (unpaired) electrons. The Morgan fingerprint density at radius 1 is 0.964 bits per heavy atom. The van der Waals surface area contributed by atoms with Crippen molar-refractivity contribution < 1.29 is 14.4 Å². The van der Waals surface area contributed by atoms with Gasteiger partial charge in [-0.1, -0.05) is 35.2 Å². The van der Waals surface area contributed by atoms with Gasteiger partial charge in [0.2, 0.25) is 0 Å². The molecule has 28 heavy (non-hydrogen) atoms. The minimum Gasteiger partial charge on any atom is -0.298 e. The number of halogens is 1. The molecule has 1 fully saturated rings. The third kappa shape index (κ3) is 2.88. The maximum Gasteiger partial charge on any atom is 0.160 e. The van der Waals surface area contributed by atoms with E-state index in [0.29, 0.717) is 10.6 Å². The van der Waals surface area contributed by atoms with Gasteiger partial charge in [0.25, 0.3) is 0 Å². The van der Waals surface area contributed by atoms with Crippen LogP contribution in [-0.2, 0) is 14.4 Å². The van der Waals surface area contributed by atoms with Gasteiger partial charge in [0.1, 0.15) is 5.92 Å². The lowest BCUT2D eigenvalue weighted by Crippen LogP contribution is -2.56. The second-order valence-electron chi connectivity index (χ2n) is 8.57. The van der Waals surface area contributed by atoms with E-state index in [1.807, 2.05) is 32.0 Å². The van der Waals surface area contributed by atoms with E-state index in [-0.39, 0.29) is 17.3 Å². The summed E-state index contributed by atoms with van der Waals surface area (Å²) >= 11 is 6.22. The average molecular weight is 395 g/mol. The summed E-state index contributed by atoms with van der Waals surface area (Å²) in [5.74, 6) is -1.99. The smallest absolute Gasteiger partial charge is 0.160 e. The summed E-state index contributed by atoms with van der Waals surface area (Å²) in [6.45, 7) is 10.2. The summed E-state index contributed by atoms with van der Waals surface area (Å²) < 4.78 is 0. The maximum atomic E-state index is 13.2. The lowest BCUT2D eigenvalue weighted by Gasteiger charge is -2.41. The van der Waals surface area contributed by atoms with Crippen LogP contribution in [0.4, 0.5) is 0 Å². The van der Waals surface area contributed by atoms with Gasteiger partial charge in [-0.05, 0) is 69.9 Å². The summed E-state index contributed by atoms with van der Waals surface area (Å²) in [6, 6.07) is 5.65. The van der Waals surface area contributed by atoms with Crippen molar-refractivity contribution in [1.29, 1.82) is 0 Å². The van der Waals surface area contributed by atoms with Crippen LogP contribution >= 0.6 is 11.6 Å². The lowest BCUT2D eigenvalue weighted by atomic mass is 9.57. The Bertz CT molecular complexity index is 1040. The van der Waals surface area contributed by atoms with Crippen molar-refractivity contribution in [3.8, 4) is 0 Å².